The summed E-state index contributed by atoms with van der Waals surface area (Å²) in [5.74, 6) is 0.0282. The lowest BCUT2D eigenvalue weighted by atomic mass is 10.1. The van der Waals surface area contributed by atoms with Crippen molar-refractivity contribution in [2.45, 2.75) is 6.54 Å². The van der Waals surface area contributed by atoms with E-state index in [1.54, 1.807) is 19.2 Å². The number of halogens is 1. The molecular formula is C10H9FN6. The van der Waals surface area contributed by atoms with Crippen LogP contribution in [-0.4, -0.2) is 20.2 Å². The molecule has 0 unspecified atom stereocenters. The predicted molar refractivity (Wildman–Crippen MR) is 57.2 cm³/mol. The van der Waals surface area contributed by atoms with Gasteiger partial charge >= 0.3 is 0 Å². The van der Waals surface area contributed by atoms with Crippen LogP contribution in [0.25, 0.3) is 0 Å². The van der Waals surface area contributed by atoms with Crippen LogP contribution in [0.3, 0.4) is 0 Å². The van der Waals surface area contributed by atoms with E-state index in [0.717, 1.165) is 0 Å². The zero-order valence-electron chi connectivity index (χ0n) is 9.05. The van der Waals surface area contributed by atoms with Crippen molar-refractivity contribution < 1.29 is 4.39 Å². The molecule has 0 radical (unpaired) electrons. The summed E-state index contributed by atoms with van der Waals surface area (Å²) in [4.78, 5) is 0. The molecule has 0 aliphatic rings. The Hall–Kier alpha value is -2.49. The lowest BCUT2D eigenvalue weighted by molar-refractivity contribution is 0.611. The van der Waals surface area contributed by atoms with Crippen LogP contribution in [0.5, 0.6) is 0 Å². The Morgan fingerprint density at radius 2 is 2.35 bits per heavy atom. The molecule has 7 heteroatoms. The normalized spacial score (nSPS) is 9.94. The molecule has 0 saturated heterocycles. The maximum Gasteiger partial charge on any atom is 0.242 e. The molecule has 1 N–H and O–H groups in total. The average Bonchev–Trinajstić information content (AvgIpc) is 2.73. The molecule has 86 valence electrons. The van der Waals surface area contributed by atoms with Crippen molar-refractivity contribution in [2.75, 3.05) is 5.32 Å². The van der Waals surface area contributed by atoms with Crippen molar-refractivity contribution in [3.8, 4) is 6.07 Å². The highest BCUT2D eigenvalue weighted by atomic mass is 19.1. The molecule has 17 heavy (non-hydrogen) atoms. The SMILES string of the molecule is Cn1nnnc1NCc1ccc(C#N)cc1F. The van der Waals surface area contributed by atoms with E-state index in [1.807, 2.05) is 6.07 Å². The van der Waals surface area contributed by atoms with Gasteiger partial charge in [0.05, 0.1) is 11.6 Å². The third-order valence-corrected chi connectivity index (χ3v) is 2.24. The van der Waals surface area contributed by atoms with Gasteiger partial charge in [-0.1, -0.05) is 11.2 Å². The number of aromatic nitrogens is 4. The fourth-order valence-corrected chi connectivity index (χ4v) is 1.31. The smallest absolute Gasteiger partial charge is 0.242 e. The minimum absolute atomic E-state index is 0.256. The highest BCUT2D eigenvalue weighted by Gasteiger charge is 2.05. The first kappa shape index (κ1) is 11.0. The second kappa shape index (κ2) is 4.57. The summed E-state index contributed by atoms with van der Waals surface area (Å²) in [6.07, 6.45) is 0. The van der Waals surface area contributed by atoms with E-state index < -0.39 is 5.82 Å². The molecule has 0 spiro atoms. The predicted octanol–water partition coefficient (Wildman–Crippen LogP) is 0.833. The van der Waals surface area contributed by atoms with E-state index >= 15 is 0 Å². The number of rotatable bonds is 3. The van der Waals surface area contributed by atoms with Gasteiger partial charge in [-0.25, -0.2) is 9.07 Å². The van der Waals surface area contributed by atoms with Gasteiger partial charge in [-0.3, -0.25) is 0 Å². The number of benzene rings is 1. The Bertz CT molecular complexity index is 570. The molecule has 1 aromatic heterocycles. The highest BCUT2D eigenvalue weighted by molar-refractivity contribution is 5.34. The molecule has 2 aromatic rings. The summed E-state index contributed by atoms with van der Waals surface area (Å²) < 4.78 is 15.0. The van der Waals surface area contributed by atoms with Crippen molar-refractivity contribution in [1.82, 2.24) is 20.2 Å². The maximum absolute atomic E-state index is 13.5. The Labute approximate surface area is 96.7 Å². The number of nitriles is 1. The fraction of sp³-hybridized carbons (Fsp3) is 0.200. The molecule has 0 bridgehead atoms. The standard InChI is InChI=1S/C10H9FN6/c1-17-10(14-15-16-17)13-6-8-3-2-7(5-12)4-9(8)11/h2-4H,6H2,1H3,(H,13,14,16). The summed E-state index contributed by atoms with van der Waals surface area (Å²) in [5, 5.41) is 22.3. The highest BCUT2D eigenvalue weighted by Crippen LogP contribution is 2.11. The van der Waals surface area contributed by atoms with Crippen LogP contribution in [0.15, 0.2) is 18.2 Å². The number of aryl methyl sites for hydroxylation is 1. The van der Waals surface area contributed by atoms with Gasteiger partial charge in [0.15, 0.2) is 0 Å². The Kier molecular flexibility index (Phi) is 2.96. The van der Waals surface area contributed by atoms with Crippen molar-refractivity contribution >= 4 is 5.95 Å². The van der Waals surface area contributed by atoms with Crippen LogP contribution in [-0.2, 0) is 13.6 Å². The topological polar surface area (TPSA) is 79.4 Å². The molecule has 0 amide bonds. The first-order chi connectivity index (χ1) is 8.20. The van der Waals surface area contributed by atoms with Gasteiger partial charge in [0.2, 0.25) is 5.95 Å². The van der Waals surface area contributed by atoms with E-state index in [9.17, 15) is 4.39 Å². The van der Waals surface area contributed by atoms with Crippen LogP contribution in [0.1, 0.15) is 11.1 Å². The quantitative estimate of drug-likeness (QED) is 0.847. The zero-order valence-corrected chi connectivity index (χ0v) is 9.05. The van der Waals surface area contributed by atoms with Crippen molar-refractivity contribution in [3.63, 3.8) is 0 Å². The van der Waals surface area contributed by atoms with E-state index in [2.05, 4.69) is 20.8 Å². The molecule has 0 fully saturated rings. The summed E-state index contributed by atoms with van der Waals surface area (Å²) in [5.41, 5.74) is 0.749. The van der Waals surface area contributed by atoms with Gasteiger partial charge in [-0.15, -0.1) is 0 Å². The van der Waals surface area contributed by atoms with Gasteiger partial charge in [-0.05, 0) is 22.6 Å². The van der Waals surface area contributed by atoms with E-state index in [4.69, 9.17) is 5.26 Å². The lowest BCUT2D eigenvalue weighted by Gasteiger charge is -2.05. The van der Waals surface area contributed by atoms with Gasteiger partial charge in [0, 0.05) is 19.2 Å². The van der Waals surface area contributed by atoms with Crippen LogP contribution in [0.2, 0.25) is 0 Å². The van der Waals surface area contributed by atoms with E-state index in [0.29, 0.717) is 17.1 Å². The number of tetrazole rings is 1. The second-order valence-electron chi connectivity index (χ2n) is 3.40. The lowest BCUT2D eigenvalue weighted by Crippen LogP contribution is -2.07. The van der Waals surface area contributed by atoms with Crippen molar-refractivity contribution in [1.29, 1.82) is 5.26 Å². The first-order valence-electron chi connectivity index (χ1n) is 4.85. The van der Waals surface area contributed by atoms with Crippen molar-refractivity contribution in [2.24, 2.45) is 7.05 Å². The summed E-state index contributed by atoms with van der Waals surface area (Å²) in [6.45, 7) is 0.256. The fourth-order valence-electron chi connectivity index (χ4n) is 1.31. The maximum atomic E-state index is 13.5. The largest absolute Gasteiger partial charge is 0.349 e. The summed E-state index contributed by atoms with van der Waals surface area (Å²) in [7, 11) is 1.68. The Morgan fingerprint density at radius 1 is 1.53 bits per heavy atom. The van der Waals surface area contributed by atoms with Gasteiger partial charge in [0.1, 0.15) is 5.82 Å². The van der Waals surface area contributed by atoms with Crippen LogP contribution in [0, 0.1) is 17.1 Å². The molecule has 0 saturated carbocycles. The van der Waals surface area contributed by atoms with Gasteiger partial charge in [-0.2, -0.15) is 5.26 Å². The minimum atomic E-state index is -0.424. The summed E-state index contributed by atoms with van der Waals surface area (Å²) >= 11 is 0. The van der Waals surface area contributed by atoms with Crippen LogP contribution < -0.4 is 5.32 Å². The molecule has 1 aromatic carbocycles. The first-order valence-corrected chi connectivity index (χ1v) is 4.85. The van der Waals surface area contributed by atoms with Gasteiger partial charge < -0.3 is 5.32 Å². The van der Waals surface area contributed by atoms with Crippen molar-refractivity contribution in [3.05, 3.63) is 35.1 Å². The molecule has 1 heterocycles. The third kappa shape index (κ3) is 2.36. The third-order valence-electron chi connectivity index (χ3n) is 2.24. The van der Waals surface area contributed by atoms with Gasteiger partial charge in [0.25, 0.3) is 0 Å². The number of nitrogens with zero attached hydrogens (tertiary/aromatic N) is 5. The molecule has 0 aliphatic carbocycles. The van der Waals surface area contributed by atoms with Crippen LogP contribution >= 0.6 is 0 Å². The molecule has 0 aliphatic heterocycles. The number of hydrogen-bond donors (Lipinski definition) is 1. The second-order valence-corrected chi connectivity index (χ2v) is 3.40. The Morgan fingerprint density at radius 3 is 2.94 bits per heavy atom. The molecule has 6 nitrogen and oxygen atoms in total. The van der Waals surface area contributed by atoms with Crippen LogP contribution in [0.4, 0.5) is 10.3 Å². The molecule has 2 rings (SSSR count). The summed E-state index contributed by atoms with van der Waals surface area (Å²) in [6, 6.07) is 6.20. The monoisotopic (exact) mass is 232 g/mol. The van der Waals surface area contributed by atoms with E-state index in [1.165, 1.54) is 10.7 Å². The molecule has 0 atom stereocenters. The number of hydrogen-bond acceptors (Lipinski definition) is 5. The Balaban J connectivity index is 2.10. The number of nitrogens with one attached hydrogen (secondary N) is 1. The zero-order chi connectivity index (χ0) is 12.3. The number of anilines is 1. The minimum Gasteiger partial charge on any atom is -0.349 e. The van der Waals surface area contributed by atoms with E-state index in [-0.39, 0.29) is 6.54 Å². The molecular weight excluding hydrogens is 223 g/mol. The average molecular weight is 232 g/mol.